The van der Waals surface area contributed by atoms with Crippen molar-refractivity contribution in [3.8, 4) is 11.3 Å². The zero-order chi connectivity index (χ0) is 21.0. The second-order valence-corrected chi connectivity index (χ2v) is 9.98. The molecule has 30 heavy (non-hydrogen) atoms. The predicted octanol–water partition coefficient (Wildman–Crippen LogP) is 5.97. The first-order valence-electron chi connectivity index (χ1n) is 10.5. The molecule has 0 amide bonds. The van der Waals surface area contributed by atoms with Gasteiger partial charge in [0, 0.05) is 40.4 Å². The van der Waals surface area contributed by atoms with E-state index in [2.05, 4.69) is 60.6 Å². The number of H-pyrrole nitrogens is 1. The zero-order valence-corrected chi connectivity index (χ0v) is 18.3. The highest BCUT2D eigenvalue weighted by molar-refractivity contribution is 6.30. The van der Waals surface area contributed by atoms with Crippen LogP contribution in [0, 0.1) is 18.3 Å². The largest absolute Gasteiger partial charge is 0.365 e. The minimum atomic E-state index is -0.100. The summed E-state index contributed by atoms with van der Waals surface area (Å²) >= 11 is 6.11. The molecule has 2 aliphatic rings. The van der Waals surface area contributed by atoms with Crippen LogP contribution in [0.15, 0.2) is 48.5 Å². The fraction of sp³-hybridized carbons (Fsp3) is 0.360. The summed E-state index contributed by atoms with van der Waals surface area (Å²) in [6.07, 6.45) is 1.57. The van der Waals surface area contributed by atoms with E-state index >= 15 is 0 Å². The molecule has 2 heterocycles. The van der Waals surface area contributed by atoms with Crippen molar-refractivity contribution in [3.63, 3.8) is 0 Å². The topological polar surface area (TPSA) is 57.8 Å². The number of aryl methyl sites for hydroxylation is 1. The fourth-order valence-electron chi connectivity index (χ4n) is 5.27. The quantitative estimate of drug-likeness (QED) is 0.538. The summed E-state index contributed by atoms with van der Waals surface area (Å²) in [5.74, 6) is 1.07. The van der Waals surface area contributed by atoms with Crippen LogP contribution in [0.3, 0.4) is 0 Å². The molecule has 0 saturated heterocycles. The van der Waals surface area contributed by atoms with Gasteiger partial charge in [-0.05, 0) is 36.5 Å². The summed E-state index contributed by atoms with van der Waals surface area (Å²) in [5, 5.41) is 12.2. The minimum Gasteiger partial charge on any atom is -0.365 e. The fourth-order valence-corrected chi connectivity index (χ4v) is 5.40. The number of aromatic amines is 1. The molecule has 1 saturated carbocycles. The van der Waals surface area contributed by atoms with E-state index < -0.39 is 0 Å². The third-order valence-corrected chi connectivity index (χ3v) is 6.85. The standard InChI is InChI=1S/C25H26ClN3O/c1-14-4-6-15(7-5-14)20-21-18(12-25(2,3)13-19(21)30)27-24-22(20)23(28-29-24)16-8-10-17(26)11-9-16/h4-11,18,20-21H,12-13H2,1-3H3,(H2,27,28,29). The molecule has 1 aromatic heterocycles. The average molecular weight is 420 g/mol. The first-order valence-corrected chi connectivity index (χ1v) is 10.9. The maximum atomic E-state index is 13.4. The number of rotatable bonds is 2. The van der Waals surface area contributed by atoms with Crippen LogP contribution < -0.4 is 5.32 Å². The Bertz CT molecular complexity index is 1100. The predicted molar refractivity (Wildman–Crippen MR) is 121 cm³/mol. The summed E-state index contributed by atoms with van der Waals surface area (Å²) < 4.78 is 0. The van der Waals surface area contributed by atoms with E-state index in [1.165, 1.54) is 11.1 Å². The van der Waals surface area contributed by atoms with Gasteiger partial charge in [-0.1, -0.05) is 67.4 Å². The number of anilines is 1. The highest BCUT2D eigenvalue weighted by atomic mass is 35.5. The lowest BCUT2D eigenvalue weighted by molar-refractivity contribution is -0.128. The van der Waals surface area contributed by atoms with Gasteiger partial charge in [0.2, 0.25) is 0 Å². The van der Waals surface area contributed by atoms with Gasteiger partial charge in [0.05, 0.1) is 5.69 Å². The molecular weight excluding hydrogens is 394 g/mol. The van der Waals surface area contributed by atoms with Crippen molar-refractivity contribution in [1.82, 2.24) is 10.2 Å². The number of nitrogens with one attached hydrogen (secondary N) is 2. The Kier molecular flexibility index (Phi) is 4.51. The highest BCUT2D eigenvalue weighted by Gasteiger charge is 2.49. The SMILES string of the molecule is Cc1ccc(C2c3c(n[nH]c3-c3ccc(Cl)cc3)NC3CC(C)(C)CC(=O)C32)cc1. The molecule has 1 aliphatic carbocycles. The van der Waals surface area contributed by atoms with E-state index in [0.717, 1.165) is 29.1 Å². The van der Waals surface area contributed by atoms with Gasteiger partial charge in [-0.2, -0.15) is 5.10 Å². The summed E-state index contributed by atoms with van der Waals surface area (Å²) in [4.78, 5) is 13.4. The number of carbonyl (C=O) groups is 1. The molecule has 2 N–H and O–H groups in total. The van der Waals surface area contributed by atoms with Crippen molar-refractivity contribution in [2.75, 3.05) is 5.32 Å². The molecule has 1 fully saturated rings. The Morgan fingerprint density at radius 3 is 2.47 bits per heavy atom. The van der Waals surface area contributed by atoms with E-state index in [0.29, 0.717) is 17.2 Å². The van der Waals surface area contributed by atoms with Crippen molar-refractivity contribution in [2.45, 2.75) is 45.6 Å². The molecule has 5 rings (SSSR count). The minimum absolute atomic E-state index is 0.00407. The second-order valence-electron chi connectivity index (χ2n) is 9.54. The van der Waals surface area contributed by atoms with Gasteiger partial charge in [0.25, 0.3) is 0 Å². The molecule has 1 aliphatic heterocycles. The lowest BCUT2D eigenvalue weighted by atomic mass is 9.62. The van der Waals surface area contributed by atoms with E-state index in [9.17, 15) is 4.79 Å². The molecule has 0 radical (unpaired) electrons. The summed E-state index contributed by atoms with van der Waals surface area (Å²) in [6.45, 7) is 6.46. The summed E-state index contributed by atoms with van der Waals surface area (Å²) in [5.41, 5.74) is 5.43. The molecule has 5 heteroatoms. The first kappa shape index (κ1) is 19.4. The number of nitrogens with zero attached hydrogens (tertiary/aromatic N) is 1. The van der Waals surface area contributed by atoms with Gasteiger partial charge in [-0.3, -0.25) is 9.89 Å². The molecule has 3 atom stereocenters. The zero-order valence-electron chi connectivity index (χ0n) is 17.5. The number of aromatic nitrogens is 2. The van der Waals surface area contributed by atoms with Crippen molar-refractivity contribution in [3.05, 3.63) is 70.2 Å². The van der Waals surface area contributed by atoms with E-state index in [-0.39, 0.29) is 23.3 Å². The molecule has 154 valence electrons. The van der Waals surface area contributed by atoms with E-state index in [4.69, 9.17) is 11.6 Å². The van der Waals surface area contributed by atoms with Gasteiger partial charge < -0.3 is 5.32 Å². The molecule has 2 aromatic carbocycles. The van der Waals surface area contributed by atoms with Crippen LogP contribution in [-0.2, 0) is 4.79 Å². The summed E-state index contributed by atoms with van der Waals surface area (Å²) in [7, 11) is 0. The van der Waals surface area contributed by atoms with Crippen LogP contribution in [0.25, 0.3) is 11.3 Å². The van der Waals surface area contributed by atoms with E-state index in [1.807, 2.05) is 24.3 Å². The lowest BCUT2D eigenvalue weighted by Gasteiger charge is -2.46. The molecule has 0 spiro atoms. The Balaban J connectivity index is 1.69. The van der Waals surface area contributed by atoms with Crippen LogP contribution in [0.4, 0.5) is 5.82 Å². The van der Waals surface area contributed by atoms with Crippen molar-refractivity contribution in [1.29, 1.82) is 0 Å². The maximum Gasteiger partial charge on any atom is 0.152 e. The van der Waals surface area contributed by atoms with Crippen molar-refractivity contribution < 1.29 is 4.79 Å². The normalized spacial score (nSPS) is 24.7. The monoisotopic (exact) mass is 419 g/mol. The van der Waals surface area contributed by atoms with Gasteiger partial charge in [-0.25, -0.2) is 0 Å². The Morgan fingerprint density at radius 1 is 1.07 bits per heavy atom. The van der Waals surface area contributed by atoms with Gasteiger partial charge in [0.1, 0.15) is 5.78 Å². The van der Waals surface area contributed by atoms with Crippen molar-refractivity contribution in [2.24, 2.45) is 11.3 Å². The summed E-state index contributed by atoms with van der Waals surface area (Å²) in [6, 6.07) is 16.4. The Morgan fingerprint density at radius 2 is 1.77 bits per heavy atom. The number of fused-ring (bicyclic) bond motifs is 2. The number of benzene rings is 2. The van der Waals surface area contributed by atoms with Crippen LogP contribution >= 0.6 is 11.6 Å². The van der Waals surface area contributed by atoms with Crippen LogP contribution in [-0.4, -0.2) is 22.0 Å². The van der Waals surface area contributed by atoms with Gasteiger partial charge in [0.15, 0.2) is 5.82 Å². The number of hydrogen-bond acceptors (Lipinski definition) is 3. The van der Waals surface area contributed by atoms with Gasteiger partial charge >= 0.3 is 0 Å². The van der Waals surface area contributed by atoms with Crippen LogP contribution in [0.1, 0.15) is 49.3 Å². The number of Topliss-reactive ketones (excluding diaryl/α,β-unsaturated/α-hetero) is 1. The lowest BCUT2D eigenvalue weighted by Crippen LogP contribution is -2.50. The third-order valence-electron chi connectivity index (χ3n) is 6.60. The maximum absolute atomic E-state index is 13.4. The number of halogens is 1. The Hall–Kier alpha value is -2.59. The Labute approximate surface area is 182 Å². The van der Waals surface area contributed by atoms with E-state index in [1.54, 1.807) is 0 Å². The smallest absolute Gasteiger partial charge is 0.152 e. The molecule has 3 aromatic rings. The molecule has 0 bridgehead atoms. The highest BCUT2D eigenvalue weighted by Crippen LogP contribution is 2.51. The number of ketones is 1. The molecule has 3 unspecified atom stereocenters. The molecular formula is C25H26ClN3O. The van der Waals surface area contributed by atoms with Crippen molar-refractivity contribution >= 4 is 23.2 Å². The number of hydrogen-bond donors (Lipinski definition) is 2. The van der Waals surface area contributed by atoms with Gasteiger partial charge in [-0.15, -0.1) is 0 Å². The first-order chi connectivity index (χ1) is 14.3. The number of carbonyl (C=O) groups excluding carboxylic acids is 1. The molecule has 4 nitrogen and oxygen atoms in total. The second kappa shape index (κ2) is 6.98. The van der Waals surface area contributed by atoms with Crippen LogP contribution in [0.5, 0.6) is 0 Å². The van der Waals surface area contributed by atoms with Crippen LogP contribution in [0.2, 0.25) is 5.02 Å². The third kappa shape index (κ3) is 3.24. The average Bonchev–Trinajstić information content (AvgIpc) is 3.10.